The average molecular weight is 238 g/mol. The Bertz CT molecular complexity index is 372. The van der Waals surface area contributed by atoms with Crippen molar-refractivity contribution in [3.05, 3.63) is 28.4 Å². The summed E-state index contributed by atoms with van der Waals surface area (Å²) in [5.74, 6) is 0. The smallest absolute Gasteiger partial charge is 0.297 e. The molecule has 2 rings (SSSR count). The van der Waals surface area contributed by atoms with Gasteiger partial charge in [0.15, 0.2) is 0 Å². The van der Waals surface area contributed by atoms with Gasteiger partial charge in [0.05, 0.1) is 11.5 Å². The van der Waals surface area contributed by atoms with Gasteiger partial charge in [0.25, 0.3) is 5.71 Å². The van der Waals surface area contributed by atoms with E-state index >= 15 is 0 Å². The molecule has 16 heavy (non-hydrogen) atoms. The van der Waals surface area contributed by atoms with E-state index in [2.05, 4.69) is 10.1 Å². The maximum Gasteiger partial charge on any atom is 0.297 e. The molecular formula is C12H16ClN3. The van der Waals surface area contributed by atoms with Crippen LogP contribution in [0.2, 0.25) is 0 Å². The maximum atomic E-state index is 8.65. The molecule has 0 radical (unpaired) electrons. The second kappa shape index (κ2) is 5.33. The SMILES string of the molecule is [N-]=[N+]=C1C=CC(NC2CCCCC2)=C(Cl)C1. The van der Waals surface area contributed by atoms with Gasteiger partial charge in [0.1, 0.15) is 0 Å². The molecule has 1 N–H and O–H groups in total. The molecule has 0 bridgehead atoms. The topological polar surface area (TPSA) is 48.4 Å². The molecule has 0 aromatic carbocycles. The van der Waals surface area contributed by atoms with Crippen LogP contribution in [0.15, 0.2) is 22.9 Å². The summed E-state index contributed by atoms with van der Waals surface area (Å²) in [6, 6.07) is 0.551. The van der Waals surface area contributed by atoms with E-state index in [1.807, 2.05) is 6.08 Å². The Morgan fingerprint density at radius 3 is 2.62 bits per heavy atom. The lowest BCUT2D eigenvalue weighted by Gasteiger charge is -2.25. The van der Waals surface area contributed by atoms with E-state index < -0.39 is 0 Å². The predicted octanol–water partition coefficient (Wildman–Crippen LogP) is 2.99. The summed E-state index contributed by atoms with van der Waals surface area (Å²) in [5.41, 5.74) is 10.2. The Balaban J connectivity index is 1.99. The van der Waals surface area contributed by atoms with Gasteiger partial charge in [-0.15, -0.1) is 0 Å². The van der Waals surface area contributed by atoms with Crippen LogP contribution in [0.25, 0.3) is 5.53 Å². The third-order valence-electron chi connectivity index (χ3n) is 3.16. The molecule has 0 amide bonds. The lowest BCUT2D eigenvalue weighted by molar-refractivity contribution is -0.00551. The van der Waals surface area contributed by atoms with Crippen LogP contribution < -0.4 is 5.32 Å². The molecule has 2 aliphatic rings. The predicted molar refractivity (Wildman–Crippen MR) is 65.3 cm³/mol. The Kier molecular flexibility index (Phi) is 3.81. The highest BCUT2D eigenvalue weighted by Gasteiger charge is 2.19. The minimum absolute atomic E-state index is 0.517. The van der Waals surface area contributed by atoms with E-state index in [0.717, 1.165) is 10.7 Å². The van der Waals surface area contributed by atoms with Gasteiger partial charge >= 0.3 is 0 Å². The first-order valence-corrected chi connectivity index (χ1v) is 6.21. The standard InChI is InChI=1S/C12H16ClN3/c13-11-8-10(16-14)6-7-12(11)15-9-4-2-1-3-5-9/h6-7,9,15H,1-5,8H2. The van der Waals surface area contributed by atoms with Crippen molar-refractivity contribution in [2.45, 2.75) is 44.6 Å². The summed E-state index contributed by atoms with van der Waals surface area (Å²) in [5, 5.41) is 4.21. The first-order chi connectivity index (χ1) is 7.79. The molecule has 0 heterocycles. The quantitative estimate of drug-likeness (QED) is 0.583. The zero-order chi connectivity index (χ0) is 11.4. The van der Waals surface area contributed by atoms with Crippen LogP contribution in [-0.4, -0.2) is 16.5 Å². The van der Waals surface area contributed by atoms with Gasteiger partial charge in [0, 0.05) is 17.8 Å². The van der Waals surface area contributed by atoms with Crippen molar-refractivity contribution in [1.82, 2.24) is 5.32 Å². The summed E-state index contributed by atoms with van der Waals surface area (Å²) >= 11 is 6.15. The highest BCUT2D eigenvalue weighted by Crippen LogP contribution is 2.23. The van der Waals surface area contributed by atoms with Crippen LogP contribution in [0, 0.1) is 0 Å². The zero-order valence-corrected chi connectivity index (χ0v) is 10.0. The maximum absolute atomic E-state index is 8.65. The lowest BCUT2D eigenvalue weighted by Crippen LogP contribution is -2.31. The molecule has 1 saturated carbocycles. The summed E-state index contributed by atoms with van der Waals surface area (Å²) in [4.78, 5) is 3.16. The van der Waals surface area contributed by atoms with Gasteiger partial charge in [-0.3, -0.25) is 0 Å². The molecule has 0 aromatic heterocycles. The summed E-state index contributed by atoms with van der Waals surface area (Å²) < 4.78 is 0. The third-order valence-corrected chi connectivity index (χ3v) is 3.50. The van der Waals surface area contributed by atoms with Crippen molar-refractivity contribution in [2.24, 2.45) is 0 Å². The van der Waals surface area contributed by atoms with Gasteiger partial charge < -0.3 is 10.8 Å². The zero-order valence-electron chi connectivity index (χ0n) is 9.25. The Labute approximate surface area is 101 Å². The second-order valence-corrected chi connectivity index (χ2v) is 4.86. The van der Waals surface area contributed by atoms with Crippen LogP contribution in [0.5, 0.6) is 0 Å². The van der Waals surface area contributed by atoms with Gasteiger partial charge in [0.2, 0.25) is 0 Å². The van der Waals surface area contributed by atoms with Crippen molar-refractivity contribution in [1.29, 1.82) is 0 Å². The van der Waals surface area contributed by atoms with Gasteiger partial charge in [-0.2, -0.15) is 4.79 Å². The van der Waals surface area contributed by atoms with Crippen LogP contribution in [-0.2, 0) is 0 Å². The van der Waals surface area contributed by atoms with E-state index in [-0.39, 0.29) is 0 Å². The van der Waals surface area contributed by atoms with Crippen LogP contribution in [0.4, 0.5) is 0 Å². The molecule has 3 nitrogen and oxygen atoms in total. The van der Waals surface area contributed by atoms with Crippen molar-refractivity contribution in [3.63, 3.8) is 0 Å². The van der Waals surface area contributed by atoms with E-state index in [4.69, 9.17) is 17.1 Å². The van der Waals surface area contributed by atoms with E-state index in [0.29, 0.717) is 18.2 Å². The van der Waals surface area contributed by atoms with Crippen molar-refractivity contribution in [2.75, 3.05) is 0 Å². The van der Waals surface area contributed by atoms with Crippen molar-refractivity contribution >= 4 is 17.3 Å². The number of halogens is 1. The molecule has 0 aliphatic heterocycles. The van der Waals surface area contributed by atoms with Gasteiger partial charge in [-0.1, -0.05) is 30.9 Å². The minimum atomic E-state index is 0.517. The Morgan fingerprint density at radius 1 is 1.25 bits per heavy atom. The Morgan fingerprint density at radius 2 is 2.00 bits per heavy atom. The normalized spacial score (nSPS) is 22.2. The molecule has 0 spiro atoms. The summed E-state index contributed by atoms with van der Waals surface area (Å²) in [7, 11) is 0. The molecule has 0 aromatic rings. The largest absolute Gasteiger partial charge is 0.381 e. The summed E-state index contributed by atoms with van der Waals surface area (Å²) in [6.45, 7) is 0. The first kappa shape index (κ1) is 11.4. The Hall–Kier alpha value is -1.05. The van der Waals surface area contributed by atoms with Gasteiger partial charge in [-0.25, -0.2) is 0 Å². The third kappa shape index (κ3) is 2.75. The highest BCUT2D eigenvalue weighted by atomic mass is 35.5. The molecule has 0 unspecified atom stereocenters. The fourth-order valence-corrected chi connectivity index (χ4v) is 2.50. The number of nitrogens with zero attached hydrogens (tertiary/aromatic N) is 2. The van der Waals surface area contributed by atoms with Crippen LogP contribution in [0.1, 0.15) is 38.5 Å². The van der Waals surface area contributed by atoms with Crippen LogP contribution in [0.3, 0.4) is 0 Å². The molecule has 0 saturated heterocycles. The minimum Gasteiger partial charge on any atom is -0.381 e. The molecule has 86 valence electrons. The monoisotopic (exact) mass is 237 g/mol. The van der Waals surface area contributed by atoms with Crippen molar-refractivity contribution < 1.29 is 4.79 Å². The molecule has 0 atom stereocenters. The number of hydrogen-bond acceptors (Lipinski definition) is 1. The first-order valence-electron chi connectivity index (χ1n) is 5.84. The number of hydrogen-bond donors (Lipinski definition) is 1. The van der Waals surface area contributed by atoms with E-state index in [1.165, 1.54) is 32.1 Å². The molecule has 2 aliphatic carbocycles. The second-order valence-electron chi connectivity index (χ2n) is 4.40. The van der Waals surface area contributed by atoms with Gasteiger partial charge in [-0.05, 0) is 18.9 Å². The average Bonchev–Trinajstić information content (AvgIpc) is 2.33. The van der Waals surface area contributed by atoms with E-state index in [1.54, 1.807) is 6.08 Å². The van der Waals surface area contributed by atoms with Crippen LogP contribution >= 0.6 is 11.6 Å². The molecule has 4 heteroatoms. The fraction of sp³-hybridized carbons (Fsp3) is 0.583. The molecule has 1 fully saturated rings. The number of rotatable bonds is 2. The lowest BCUT2D eigenvalue weighted by atomic mass is 9.95. The number of allylic oxidation sites excluding steroid dienone is 3. The summed E-state index contributed by atoms with van der Waals surface area (Å²) in [6.07, 6.45) is 10.6. The molecular weight excluding hydrogens is 222 g/mol. The van der Waals surface area contributed by atoms with Crippen molar-refractivity contribution in [3.8, 4) is 0 Å². The van der Waals surface area contributed by atoms with E-state index in [9.17, 15) is 0 Å². The highest BCUT2D eigenvalue weighted by molar-refractivity contribution is 6.32. The fourth-order valence-electron chi connectivity index (χ4n) is 2.25. The number of nitrogens with one attached hydrogen (secondary N) is 1.